The van der Waals surface area contributed by atoms with Gasteiger partial charge in [0.1, 0.15) is 0 Å². The number of amides is 1. The van der Waals surface area contributed by atoms with E-state index in [0.717, 1.165) is 18.7 Å². The molecule has 1 aliphatic carbocycles. The monoisotopic (exact) mass is 426 g/mol. The smallest absolute Gasteiger partial charge is 0.351 e. The van der Waals surface area contributed by atoms with Crippen LogP contribution in [0.5, 0.6) is 0 Å². The SMILES string of the molecule is CS(=O)(=O)Nc1ccc(C2(C(=O)NCc3ccccc3C(F)(F)F)CCC2)cc1. The second-order valence-electron chi connectivity index (χ2n) is 7.22. The molecule has 0 unspecified atom stereocenters. The molecule has 0 aromatic heterocycles. The van der Waals surface area contributed by atoms with E-state index >= 15 is 0 Å². The second kappa shape index (κ2) is 7.70. The van der Waals surface area contributed by atoms with Crippen molar-refractivity contribution in [3.63, 3.8) is 0 Å². The lowest BCUT2D eigenvalue weighted by atomic mass is 9.63. The molecule has 3 rings (SSSR count). The minimum Gasteiger partial charge on any atom is -0.351 e. The van der Waals surface area contributed by atoms with Crippen LogP contribution in [-0.4, -0.2) is 20.6 Å². The summed E-state index contributed by atoms with van der Waals surface area (Å²) in [6.07, 6.45) is -1.45. The normalized spacial score (nSPS) is 16.0. The third-order valence-electron chi connectivity index (χ3n) is 5.14. The second-order valence-corrected chi connectivity index (χ2v) is 8.97. The third-order valence-corrected chi connectivity index (χ3v) is 5.75. The van der Waals surface area contributed by atoms with Crippen LogP contribution < -0.4 is 10.0 Å². The van der Waals surface area contributed by atoms with Gasteiger partial charge in [-0.05, 0) is 42.2 Å². The summed E-state index contributed by atoms with van der Waals surface area (Å²) in [6, 6.07) is 11.7. The van der Waals surface area contributed by atoms with E-state index in [1.807, 2.05) is 0 Å². The number of carbonyl (C=O) groups is 1. The number of hydrogen-bond acceptors (Lipinski definition) is 3. The molecule has 9 heteroatoms. The van der Waals surface area contributed by atoms with E-state index in [1.165, 1.54) is 18.2 Å². The Kier molecular flexibility index (Phi) is 5.62. The Morgan fingerprint density at radius 2 is 1.69 bits per heavy atom. The molecule has 0 spiro atoms. The molecule has 0 bridgehead atoms. The summed E-state index contributed by atoms with van der Waals surface area (Å²) in [6.45, 7) is -0.218. The molecule has 156 valence electrons. The van der Waals surface area contributed by atoms with Gasteiger partial charge in [0.2, 0.25) is 15.9 Å². The molecule has 0 saturated heterocycles. The van der Waals surface area contributed by atoms with E-state index in [0.29, 0.717) is 24.1 Å². The van der Waals surface area contributed by atoms with Crippen LogP contribution in [0.1, 0.15) is 36.0 Å². The van der Waals surface area contributed by atoms with Crippen LogP contribution in [0.3, 0.4) is 0 Å². The average Bonchev–Trinajstić information content (AvgIpc) is 2.58. The highest BCUT2D eigenvalue weighted by atomic mass is 32.2. The maximum absolute atomic E-state index is 13.1. The Morgan fingerprint density at radius 3 is 2.21 bits per heavy atom. The standard InChI is InChI=1S/C20H21F3N2O3S/c1-29(27,28)25-16-9-7-15(8-10-16)19(11-4-12-19)18(26)24-13-14-5-2-3-6-17(14)20(21,22)23/h2-3,5-10,25H,4,11-13H2,1H3,(H,24,26). The van der Waals surface area contributed by atoms with Crippen LogP contribution in [0.25, 0.3) is 0 Å². The lowest BCUT2D eigenvalue weighted by molar-refractivity contribution is -0.138. The van der Waals surface area contributed by atoms with Crippen LogP contribution in [0.2, 0.25) is 0 Å². The minimum atomic E-state index is -4.49. The van der Waals surface area contributed by atoms with E-state index in [9.17, 15) is 26.4 Å². The Balaban J connectivity index is 1.76. The number of alkyl halides is 3. The first-order chi connectivity index (χ1) is 13.5. The molecule has 29 heavy (non-hydrogen) atoms. The van der Waals surface area contributed by atoms with Crippen molar-refractivity contribution in [2.45, 2.75) is 37.4 Å². The Labute approximate surface area is 167 Å². The van der Waals surface area contributed by atoms with E-state index in [2.05, 4.69) is 10.0 Å². The summed E-state index contributed by atoms with van der Waals surface area (Å²) >= 11 is 0. The number of halogens is 3. The van der Waals surface area contributed by atoms with E-state index in [1.54, 1.807) is 24.3 Å². The summed E-state index contributed by atoms with van der Waals surface area (Å²) in [5, 5.41) is 2.66. The van der Waals surface area contributed by atoms with Crippen molar-refractivity contribution in [1.29, 1.82) is 0 Å². The van der Waals surface area contributed by atoms with Crippen molar-refractivity contribution in [2.24, 2.45) is 0 Å². The van der Waals surface area contributed by atoms with E-state index in [-0.39, 0.29) is 18.0 Å². The van der Waals surface area contributed by atoms with Gasteiger partial charge >= 0.3 is 6.18 Å². The first-order valence-corrected chi connectivity index (χ1v) is 10.9. The molecule has 0 atom stereocenters. The lowest BCUT2D eigenvalue weighted by Crippen LogP contribution is -2.49. The topological polar surface area (TPSA) is 75.3 Å². The highest BCUT2D eigenvalue weighted by Crippen LogP contribution is 2.44. The van der Waals surface area contributed by atoms with Gasteiger partial charge in [-0.25, -0.2) is 8.42 Å². The first kappa shape index (κ1) is 21.2. The number of rotatable bonds is 6. The molecule has 1 fully saturated rings. The summed E-state index contributed by atoms with van der Waals surface area (Å²) in [4.78, 5) is 12.9. The molecule has 0 radical (unpaired) electrons. The molecule has 2 N–H and O–H groups in total. The van der Waals surface area contributed by atoms with Crippen molar-refractivity contribution >= 4 is 21.6 Å². The van der Waals surface area contributed by atoms with Gasteiger partial charge in [-0.2, -0.15) is 13.2 Å². The van der Waals surface area contributed by atoms with Crippen molar-refractivity contribution in [3.8, 4) is 0 Å². The fourth-order valence-electron chi connectivity index (χ4n) is 3.54. The predicted octanol–water partition coefficient (Wildman–Crippen LogP) is 3.82. The molecule has 1 aliphatic rings. The van der Waals surface area contributed by atoms with Gasteiger partial charge in [0.05, 0.1) is 17.2 Å². The number of benzene rings is 2. The minimum absolute atomic E-state index is 0.00974. The fraction of sp³-hybridized carbons (Fsp3) is 0.350. The number of nitrogens with one attached hydrogen (secondary N) is 2. The summed E-state index contributed by atoms with van der Waals surface area (Å²) in [5.41, 5.74) is -0.471. The van der Waals surface area contributed by atoms with Crippen LogP contribution in [0.15, 0.2) is 48.5 Å². The fourth-order valence-corrected chi connectivity index (χ4v) is 4.11. The van der Waals surface area contributed by atoms with Gasteiger partial charge in [0.25, 0.3) is 0 Å². The zero-order valence-electron chi connectivity index (χ0n) is 15.7. The van der Waals surface area contributed by atoms with Gasteiger partial charge in [-0.15, -0.1) is 0 Å². The summed E-state index contributed by atoms with van der Waals surface area (Å²) in [7, 11) is -3.41. The van der Waals surface area contributed by atoms with Gasteiger partial charge in [-0.1, -0.05) is 36.8 Å². The van der Waals surface area contributed by atoms with Crippen LogP contribution in [0, 0.1) is 0 Å². The van der Waals surface area contributed by atoms with Crippen molar-refractivity contribution < 1.29 is 26.4 Å². The first-order valence-electron chi connectivity index (χ1n) is 9.03. The number of sulfonamides is 1. The molecular weight excluding hydrogens is 405 g/mol. The van der Waals surface area contributed by atoms with E-state index in [4.69, 9.17) is 0 Å². The van der Waals surface area contributed by atoms with Crippen LogP contribution in [-0.2, 0) is 33.0 Å². The molecule has 1 saturated carbocycles. The average molecular weight is 426 g/mol. The van der Waals surface area contributed by atoms with Gasteiger partial charge in [-0.3, -0.25) is 9.52 Å². The quantitative estimate of drug-likeness (QED) is 0.738. The highest BCUT2D eigenvalue weighted by Gasteiger charge is 2.45. The molecule has 1 amide bonds. The molecule has 2 aromatic carbocycles. The van der Waals surface area contributed by atoms with Crippen molar-refractivity contribution in [1.82, 2.24) is 5.32 Å². The maximum atomic E-state index is 13.1. The van der Waals surface area contributed by atoms with Crippen LogP contribution >= 0.6 is 0 Å². The zero-order chi connectivity index (χ0) is 21.3. The number of carbonyl (C=O) groups excluding carboxylic acids is 1. The summed E-state index contributed by atoms with van der Waals surface area (Å²) < 4.78 is 64.4. The Hall–Kier alpha value is -2.55. The zero-order valence-corrected chi connectivity index (χ0v) is 16.5. The highest BCUT2D eigenvalue weighted by molar-refractivity contribution is 7.92. The maximum Gasteiger partial charge on any atom is 0.416 e. The van der Waals surface area contributed by atoms with Gasteiger partial charge in [0.15, 0.2) is 0 Å². The van der Waals surface area contributed by atoms with Crippen molar-refractivity contribution in [3.05, 3.63) is 65.2 Å². The van der Waals surface area contributed by atoms with Gasteiger partial charge in [0, 0.05) is 12.2 Å². The molecule has 0 heterocycles. The number of hydrogen-bond donors (Lipinski definition) is 2. The lowest BCUT2D eigenvalue weighted by Gasteiger charge is -2.41. The van der Waals surface area contributed by atoms with E-state index < -0.39 is 27.2 Å². The van der Waals surface area contributed by atoms with Crippen molar-refractivity contribution in [2.75, 3.05) is 11.0 Å². The Bertz CT molecular complexity index is 998. The number of anilines is 1. The Morgan fingerprint density at radius 1 is 1.07 bits per heavy atom. The largest absolute Gasteiger partial charge is 0.416 e. The van der Waals surface area contributed by atoms with Gasteiger partial charge < -0.3 is 5.32 Å². The third kappa shape index (κ3) is 4.72. The molecule has 5 nitrogen and oxygen atoms in total. The predicted molar refractivity (Wildman–Crippen MR) is 104 cm³/mol. The molecular formula is C20H21F3N2O3S. The molecule has 0 aliphatic heterocycles. The summed E-state index contributed by atoms with van der Waals surface area (Å²) in [5.74, 6) is -0.329. The molecule has 2 aromatic rings. The van der Waals surface area contributed by atoms with Crippen LogP contribution in [0.4, 0.5) is 18.9 Å².